The number of halogens is 1. The number of hydrogen-bond acceptors (Lipinski definition) is 4. The Morgan fingerprint density at radius 1 is 1.13 bits per heavy atom. The third-order valence-corrected chi connectivity index (χ3v) is 3.64. The lowest BCUT2D eigenvalue weighted by Crippen LogP contribution is -2.01. The Bertz CT molecular complexity index is 777. The Balaban J connectivity index is 1.65. The molecule has 5 heteroatoms. The number of benzene rings is 2. The fourth-order valence-corrected chi connectivity index (χ4v) is 2.22. The van der Waals surface area contributed by atoms with Crippen molar-refractivity contribution < 1.29 is 14.4 Å². The minimum absolute atomic E-state index is 0.425. The molecule has 0 fully saturated rings. The van der Waals surface area contributed by atoms with Gasteiger partial charge in [0.15, 0.2) is 0 Å². The highest BCUT2D eigenvalue weighted by Crippen LogP contribution is 2.19. The molecular formula is C18H14ClNO3. The second-order valence-electron chi connectivity index (χ2n) is 5.10. The smallest absolute Gasteiger partial charge is 0.367 e. The van der Waals surface area contributed by atoms with Gasteiger partial charge in [-0.05, 0) is 48.4 Å². The quantitative estimate of drug-likeness (QED) is 0.623. The van der Waals surface area contributed by atoms with Crippen molar-refractivity contribution >= 4 is 29.4 Å². The molecular weight excluding hydrogens is 314 g/mol. The molecule has 0 aliphatic carbocycles. The topological polar surface area (TPSA) is 47.9 Å². The maximum absolute atomic E-state index is 11.5. The van der Waals surface area contributed by atoms with Gasteiger partial charge in [0, 0.05) is 5.02 Å². The predicted octanol–water partition coefficient (Wildman–Crippen LogP) is 4.24. The normalized spacial score (nSPS) is 15.5. The van der Waals surface area contributed by atoms with E-state index in [1.54, 1.807) is 13.0 Å². The van der Waals surface area contributed by atoms with Crippen LogP contribution in [0, 0.1) is 0 Å². The number of ether oxygens (including phenoxy) is 1. The van der Waals surface area contributed by atoms with Gasteiger partial charge < -0.3 is 9.57 Å². The molecule has 0 saturated carbocycles. The lowest BCUT2D eigenvalue weighted by Gasteiger charge is -2.07. The number of nitrogens with zero attached hydrogens (tertiary/aromatic N) is 1. The van der Waals surface area contributed by atoms with Crippen LogP contribution < -0.4 is 4.74 Å². The summed E-state index contributed by atoms with van der Waals surface area (Å²) in [6.45, 7) is 2.20. The second-order valence-corrected chi connectivity index (χ2v) is 5.53. The van der Waals surface area contributed by atoms with E-state index >= 15 is 0 Å². The highest BCUT2D eigenvalue weighted by atomic mass is 35.5. The zero-order valence-electron chi connectivity index (χ0n) is 12.5. The highest BCUT2D eigenvalue weighted by Gasteiger charge is 2.21. The summed E-state index contributed by atoms with van der Waals surface area (Å²) >= 11 is 5.85. The molecule has 0 atom stereocenters. The van der Waals surface area contributed by atoms with E-state index in [1.807, 2.05) is 48.5 Å². The lowest BCUT2D eigenvalue weighted by molar-refractivity contribution is -0.136. The molecule has 0 saturated heterocycles. The first-order valence-corrected chi connectivity index (χ1v) is 7.45. The largest absolute Gasteiger partial charge is 0.489 e. The molecule has 0 amide bonds. The van der Waals surface area contributed by atoms with Crippen molar-refractivity contribution in [1.29, 1.82) is 0 Å². The maximum atomic E-state index is 11.5. The van der Waals surface area contributed by atoms with Gasteiger partial charge in [0.2, 0.25) is 0 Å². The van der Waals surface area contributed by atoms with E-state index in [0.717, 1.165) is 16.9 Å². The number of carbonyl (C=O) groups excluding carboxylic acids is 1. The van der Waals surface area contributed by atoms with Crippen molar-refractivity contribution in [2.45, 2.75) is 13.5 Å². The first kappa shape index (κ1) is 15.3. The minimum atomic E-state index is -0.425. The number of carbonyl (C=O) groups is 1. The molecule has 1 aliphatic rings. The van der Waals surface area contributed by atoms with Crippen LogP contribution >= 0.6 is 11.6 Å². The van der Waals surface area contributed by atoms with Crippen LogP contribution in [-0.2, 0) is 16.2 Å². The van der Waals surface area contributed by atoms with E-state index in [9.17, 15) is 4.79 Å². The standard InChI is InChI=1S/C18H14ClNO3/c1-12-17(18(21)23-20-12)10-13-4-8-16(9-5-13)22-11-14-2-6-15(19)7-3-14/h2-10H,11H2,1H3/b17-10-. The van der Waals surface area contributed by atoms with Crippen molar-refractivity contribution in [3.05, 3.63) is 70.3 Å². The summed E-state index contributed by atoms with van der Waals surface area (Å²) in [4.78, 5) is 16.1. The van der Waals surface area contributed by atoms with E-state index in [1.165, 1.54) is 0 Å². The molecule has 2 aromatic rings. The summed E-state index contributed by atoms with van der Waals surface area (Å²) < 4.78 is 5.72. The van der Waals surface area contributed by atoms with Crippen LogP contribution in [0.3, 0.4) is 0 Å². The van der Waals surface area contributed by atoms with Crippen LogP contribution in [0.4, 0.5) is 0 Å². The molecule has 116 valence electrons. The van der Waals surface area contributed by atoms with E-state index < -0.39 is 5.97 Å². The molecule has 1 aliphatic heterocycles. The molecule has 4 nitrogen and oxygen atoms in total. The highest BCUT2D eigenvalue weighted by molar-refractivity contribution is 6.30. The molecule has 0 bridgehead atoms. The fourth-order valence-electron chi connectivity index (χ4n) is 2.09. The van der Waals surface area contributed by atoms with Crippen LogP contribution in [0.15, 0.2) is 59.3 Å². The summed E-state index contributed by atoms with van der Waals surface area (Å²) in [5.74, 6) is 0.326. The Hall–Kier alpha value is -2.59. The van der Waals surface area contributed by atoms with Crippen molar-refractivity contribution in [2.75, 3.05) is 0 Å². The van der Waals surface area contributed by atoms with Gasteiger partial charge in [-0.2, -0.15) is 0 Å². The summed E-state index contributed by atoms with van der Waals surface area (Å²) in [6, 6.07) is 15.0. The number of hydrogen-bond donors (Lipinski definition) is 0. The van der Waals surface area contributed by atoms with Gasteiger partial charge in [-0.3, -0.25) is 0 Å². The van der Waals surface area contributed by atoms with Gasteiger partial charge >= 0.3 is 5.97 Å². The molecule has 0 radical (unpaired) electrons. The molecule has 0 unspecified atom stereocenters. The van der Waals surface area contributed by atoms with Gasteiger partial charge in [0.05, 0.1) is 11.3 Å². The first-order chi connectivity index (χ1) is 11.1. The summed E-state index contributed by atoms with van der Waals surface area (Å²) in [7, 11) is 0. The van der Waals surface area contributed by atoms with Gasteiger partial charge in [-0.15, -0.1) is 0 Å². The minimum Gasteiger partial charge on any atom is -0.489 e. The van der Waals surface area contributed by atoms with E-state index in [2.05, 4.69) is 9.99 Å². The number of oxime groups is 1. The van der Waals surface area contributed by atoms with Gasteiger partial charge in [0.25, 0.3) is 0 Å². The zero-order chi connectivity index (χ0) is 16.2. The third kappa shape index (κ3) is 3.79. The average molecular weight is 328 g/mol. The molecule has 2 aromatic carbocycles. The third-order valence-electron chi connectivity index (χ3n) is 3.39. The number of rotatable bonds is 4. The summed E-state index contributed by atoms with van der Waals surface area (Å²) in [5.41, 5.74) is 2.98. The van der Waals surface area contributed by atoms with E-state index in [4.69, 9.17) is 16.3 Å². The van der Waals surface area contributed by atoms with Gasteiger partial charge in [-0.1, -0.05) is 41.0 Å². The maximum Gasteiger partial charge on any atom is 0.367 e. The van der Waals surface area contributed by atoms with Gasteiger partial charge in [-0.25, -0.2) is 4.79 Å². The molecule has 3 rings (SSSR count). The van der Waals surface area contributed by atoms with Gasteiger partial charge in [0.1, 0.15) is 12.4 Å². The Kier molecular flexibility index (Phi) is 4.44. The summed E-state index contributed by atoms with van der Waals surface area (Å²) in [5, 5.41) is 4.35. The van der Waals surface area contributed by atoms with Crippen LogP contribution in [0.2, 0.25) is 5.02 Å². The van der Waals surface area contributed by atoms with Crippen LogP contribution in [-0.4, -0.2) is 11.7 Å². The van der Waals surface area contributed by atoms with Crippen LogP contribution in [0.1, 0.15) is 18.1 Å². The SMILES string of the molecule is CC1=NOC(=O)/C1=C\c1ccc(OCc2ccc(Cl)cc2)cc1. The Morgan fingerprint density at radius 2 is 1.83 bits per heavy atom. The van der Waals surface area contributed by atoms with Crippen molar-refractivity contribution in [2.24, 2.45) is 5.16 Å². The van der Waals surface area contributed by atoms with E-state index in [-0.39, 0.29) is 0 Å². The first-order valence-electron chi connectivity index (χ1n) is 7.07. The van der Waals surface area contributed by atoms with Crippen molar-refractivity contribution in [3.8, 4) is 5.75 Å². The molecule has 0 aromatic heterocycles. The lowest BCUT2D eigenvalue weighted by atomic mass is 10.1. The zero-order valence-corrected chi connectivity index (χ0v) is 13.2. The van der Waals surface area contributed by atoms with Crippen LogP contribution in [0.5, 0.6) is 5.75 Å². The van der Waals surface area contributed by atoms with Crippen LogP contribution in [0.25, 0.3) is 6.08 Å². The van der Waals surface area contributed by atoms with E-state index in [0.29, 0.717) is 22.9 Å². The molecule has 0 N–H and O–H groups in total. The molecule has 0 spiro atoms. The van der Waals surface area contributed by atoms with Crippen molar-refractivity contribution in [1.82, 2.24) is 0 Å². The van der Waals surface area contributed by atoms with Crippen molar-refractivity contribution in [3.63, 3.8) is 0 Å². The summed E-state index contributed by atoms with van der Waals surface area (Å²) in [6.07, 6.45) is 1.75. The fraction of sp³-hybridized carbons (Fsp3) is 0.111. The monoisotopic (exact) mass is 327 g/mol. The Labute approximate surface area is 139 Å². The molecule has 1 heterocycles. The predicted molar refractivity (Wildman–Crippen MR) is 89.4 cm³/mol. The average Bonchev–Trinajstić information content (AvgIpc) is 2.88. The second kappa shape index (κ2) is 6.67. The Morgan fingerprint density at radius 3 is 2.43 bits per heavy atom. The molecule has 23 heavy (non-hydrogen) atoms.